The third-order valence-electron chi connectivity index (χ3n) is 10.3. The van der Waals surface area contributed by atoms with Crippen LogP contribution >= 0.6 is 0 Å². The molecule has 15 heteroatoms. The van der Waals surface area contributed by atoms with Gasteiger partial charge in [0.2, 0.25) is 11.8 Å². The quantitative estimate of drug-likeness (QED) is 0.0980. The Kier molecular flexibility index (Phi) is 11.0. The molecule has 2 aliphatic heterocycles. The minimum atomic E-state index is -1.61. The van der Waals surface area contributed by atoms with E-state index < -0.39 is 71.1 Å². The van der Waals surface area contributed by atoms with E-state index in [9.17, 15) is 34.5 Å². The number of unbranched alkanes of at least 4 members (excludes halogenated alkanes) is 1. The Balaban J connectivity index is 1.16. The number of nitrogens with zero attached hydrogens (tertiary/aromatic N) is 1. The van der Waals surface area contributed by atoms with Gasteiger partial charge in [-0.15, -0.1) is 0 Å². The first-order chi connectivity index (χ1) is 23.9. The standard InChI is InChI=1S/C36H52N4O11/c1-19(38-30(43)23(39-21(3)41)10-8-9-16-37-33(46)51-34(4,5)6)31(44)48-20(2)32(45)49-25-13-14-36(47)26-18-22-11-12-24(42)28-27(22)35(36,29(25)50-28)15-17-40(26)7/h11-13,19-20,23,26,29,31,42,44,47H,8-10,14-18H2,1-7H3,(H,37,46)(H,38,43)(H,39,41)/t19-,20-,23-,26+,29-,31?,35-,36+/m0/s1. The molecule has 1 aromatic rings. The second-order valence-corrected chi connectivity index (χ2v) is 15.2. The number of likely N-dealkylation sites (N-methyl/N-ethyl adjacent to an activating group) is 1. The van der Waals surface area contributed by atoms with E-state index in [4.69, 9.17) is 18.9 Å². The molecule has 4 aliphatic rings. The monoisotopic (exact) mass is 716 g/mol. The maximum Gasteiger partial charge on any atom is 0.407 e. The third-order valence-corrected chi connectivity index (χ3v) is 10.3. The van der Waals surface area contributed by atoms with Crippen LogP contribution in [0.25, 0.3) is 0 Å². The summed E-state index contributed by atoms with van der Waals surface area (Å²) < 4.78 is 22.9. The Labute approximate surface area is 298 Å². The summed E-state index contributed by atoms with van der Waals surface area (Å²) in [5.74, 6) is -1.35. The van der Waals surface area contributed by atoms with Crippen molar-refractivity contribution >= 4 is 23.9 Å². The van der Waals surface area contributed by atoms with Gasteiger partial charge in [0.25, 0.3) is 0 Å². The van der Waals surface area contributed by atoms with Gasteiger partial charge in [0.1, 0.15) is 17.4 Å². The number of aliphatic hydroxyl groups excluding tert-OH is 1. The number of likely N-dealkylation sites (tertiary alicyclic amines) is 1. The SMILES string of the molecule is CC(=O)N[C@@H](CCCCNC(=O)OC(C)(C)C)C(=O)N[C@@H](C)C(O)O[C@@H](C)C(=O)OC1=CC[C@@]2(O)[C@H]3Cc4ccc(O)c5c4[C@@]2(CCN3C)[C@H]1O5. The van der Waals surface area contributed by atoms with Crippen molar-refractivity contribution in [3.63, 3.8) is 0 Å². The van der Waals surface area contributed by atoms with E-state index in [1.165, 1.54) is 20.8 Å². The Morgan fingerprint density at radius 2 is 1.86 bits per heavy atom. The molecular weight excluding hydrogens is 664 g/mol. The second kappa shape index (κ2) is 14.6. The van der Waals surface area contributed by atoms with Crippen LogP contribution < -0.4 is 20.7 Å². The van der Waals surface area contributed by atoms with Crippen molar-refractivity contribution in [2.24, 2.45) is 0 Å². The Bertz CT molecular complexity index is 1560. The number of alkyl carbamates (subject to hydrolysis) is 1. The summed E-state index contributed by atoms with van der Waals surface area (Å²) in [4.78, 5) is 52.2. The molecule has 1 saturated heterocycles. The number of nitrogens with one attached hydrogen (secondary N) is 3. The van der Waals surface area contributed by atoms with Crippen LogP contribution in [0, 0.1) is 0 Å². The van der Waals surface area contributed by atoms with Crippen molar-refractivity contribution in [2.75, 3.05) is 20.1 Å². The zero-order valence-electron chi connectivity index (χ0n) is 30.4. The molecule has 0 radical (unpaired) electrons. The summed E-state index contributed by atoms with van der Waals surface area (Å²) in [6, 6.07) is 1.36. The molecule has 1 fully saturated rings. The van der Waals surface area contributed by atoms with E-state index in [2.05, 4.69) is 20.9 Å². The predicted octanol–water partition coefficient (Wildman–Crippen LogP) is 1.64. The molecule has 1 unspecified atom stereocenters. The third kappa shape index (κ3) is 7.52. The number of hydrogen-bond donors (Lipinski definition) is 6. The summed E-state index contributed by atoms with van der Waals surface area (Å²) >= 11 is 0. The second-order valence-electron chi connectivity index (χ2n) is 15.2. The highest BCUT2D eigenvalue weighted by atomic mass is 16.6. The van der Waals surface area contributed by atoms with E-state index >= 15 is 0 Å². The van der Waals surface area contributed by atoms with Gasteiger partial charge < -0.3 is 55.1 Å². The van der Waals surface area contributed by atoms with E-state index in [-0.39, 0.29) is 30.4 Å². The first-order valence-corrected chi connectivity index (χ1v) is 17.6. The van der Waals surface area contributed by atoms with Gasteiger partial charge in [-0.3, -0.25) is 9.59 Å². The van der Waals surface area contributed by atoms with E-state index in [1.54, 1.807) is 32.9 Å². The summed E-state index contributed by atoms with van der Waals surface area (Å²) in [5.41, 5.74) is -1.03. The van der Waals surface area contributed by atoms with Crippen molar-refractivity contribution < 1.29 is 53.4 Å². The van der Waals surface area contributed by atoms with Crippen molar-refractivity contribution in [3.05, 3.63) is 35.1 Å². The molecule has 3 amide bonds. The first kappa shape index (κ1) is 38.3. The molecule has 282 valence electrons. The molecule has 8 atom stereocenters. The van der Waals surface area contributed by atoms with Gasteiger partial charge in [0, 0.05) is 31.5 Å². The summed E-state index contributed by atoms with van der Waals surface area (Å²) in [7, 11) is 1.98. The van der Waals surface area contributed by atoms with E-state index in [0.717, 1.165) is 11.1 Å². The van der Waals surface area contributed by atoms with Crippen molar-refractivity contribution in [2.45, 2.75) is 133 Å². The van der Waals surface area contributed by atoms with Crippen LogP contribution in [0.5, 0.6) is 11.5 Å². The molecule has 15 nitrogen and oxygen atoms in total. The molecule has 1 spiro atoms. The highest BCUT2D eigenvalue weighted by molar-refractivity contribution is 5.87. The number of aliphatic hydroxyl groups is 2. The van der Waals surface area contributed by atoms with Crippen LogP contribution in [0.1, 0.15) is 84.8 Å². The number of ether oxygens (including phenoxy) is 4. The lowest BCUT2D eigenvalue weighted by Gasteiger charge is -2.61. The van der Waals surface area contributed by atoms with Gasteiger partial charge in [-0.25, -0.2) is 9.59 Å². The number of esters is 1. The first-order valence-electron chi connectivity index (χ1n) is 17.6. The van der Waals surface area contributed by atoms with Gasteiger partial charge >= 0.3 is 12.1 Å². The Morgan fingerprint density at radius 3 is 2.55 bits per heavy atom. The van der Waals surface area contributed by atoms with Gasteiger partial charge in [-0.05, 0) is 98.0 Å². The highest BCUT2D eigenvalue weighted by Crippen LogP contribution is 2.65. The van der Waals surface area contributed by atoms with Crippen molar-refractivity contribution in [1.82, 2.24) is 20.9 Å². The normalized spacial score (nSPS) is 27.0. The maximum atomic E-state index is 13.4. The highest BCUT2D eigenvalue weighted by Gasteiger charge is 2.72. The summed E-state index contributed by atoms with van der Waals surface area (Å²) in [5, 5.41) is 41.7. The Hall–Kier alpha value is -3.92. The van der Waals surface area contributed by atoms with Crippen LogP contribution in [0.3, 0.4) is 0 Å². The summed E-state index contributed by atoms with van der Waals surface area (Å²) in [6.07, 6.45) is -0.0445. The summed E-state index contributed by atoms with van der Waals surface area (Å²) in [6.45, 7) is 10.5. The molecule has 6 N–H and O–H groups in total. The fourth-order valence-electron chi connectivity index (χ4n) is 7.91. The minimum Gasteiger partial charge on any atom is -0.504 e. The number of aromatic hydroxyl groups is 1. The number of rotatable bonds is 13. The molecule has 2 aliphatic carbocycles. The van der Waals surface area contributed by atoms with Gasteiger partial charge in [-0.2, -0.15) is 0 Å². The van der Waals surface area contributed by atoms with Gasteiger partial charge in [0.15, 0.2) is 30.0 Å². The number of phenolic OH excluding ortho intramolecular Hbond substituents is 1. The minimum absolute atomic E-state index is 0.0465. The molecule has 1 aromatic carbocycles. The fourth-order valence-corrected chi connectivity index (χ4v) is 7.91. The molecule has 0 aromatic heterocycles. The van der Waals surface area contributed by atoms with Crippen LogP contribution in [0.2, 0.25) is 0 Å². The molecule has 2 bridgehead atoms. The molecular formula is C36H52N4O11. The molecule has 51 heavy (non-hydrogen) atoms. The maximum absolute atomic E-state index is 13.4. The number of piperidine rings is 1. The zero-order chi connectivity index (χ0) is 37.5. The number of benzene rings is 1. The zero-order valence-corrected chi connectivity index (χ0v) is 30.4. The molecule has 2 heterocycles. The number of carbonyl (C=O) groups excluding carboxylic acids is 4. The molecule has 5 rings (SSSR count). The lowest BCUT2D eigenvalue weighted by Crippen LogP contribution is -2.74. The van der Waals surface area contributed by atoms with Crippen molar-refractivity contribution in [1.29, 1.82) is 0 Å². The lowest BCUT2D eigenvalue weighted by atomic mass is 9.50. The topological polar surface area (TPSA) is 205 Å². The number of hydrogen-bond acceptors (Lipinski definition) is 12. The Morgan fingerprint density at radius 1 is 1.14 bits per heavy atom. The lowest BCUT2D eigenvalue weighted by molar-refractivity contribution is -0.186. The number of phenols is 1. The van der Waals surface area contributed by atoms with Gasteiger partial charge in [-0.1, -0.05) is 6.07 Å². The number of amides is 3. The average molecular weight is 717 g/mol. The largest absolute Gasteiger partial charge is 0.504 e. The predicted molar refractivity (Wildman–Crippen MR) is 183 cm³/mol. The van der Waals surface area contributed by atoms with Crippen LogP contribution in [0.4, 0.5) is 4.79 Å². The van der Waals surface area contributed by atoms with Crippen molar-refractivity contribution in [3.8, 4) is 11.5 Å². The smallest absolute Gasteiger partial charge is 0.407 e. The number of carbonyl (C=O) groups is 4. The van der Waals surface area contributed by atoms with Crippen LogP contribution in [0.15, 0.2) is 24.0 Å². The molecule has 0 saturated carbocycles. The van der Waals surface area contributed by atoms with E-state index in [0.29, 0.717) is 44.5 Å². The fraction of sp³-hybridized carbons (Fsp3) is 0.667. The average Bonchev–Trinajstić information content (AvgIpc) is 3.39. The van der Waals surface area contributed by atoms with E-state index in [1.807, 2.05) is 13.1 Å². The van der Waals surface area contributed by atoms with Crippen LogP contribution in [-0.2, 0) is 40.4 Å². The van der Waals surface area contributed by atoms with Gasteiger partial charge in [0.05, 0.1) is 17.1 Å². The van der Waals surface area contributed by atoms with Crippen LogP contribution in [-0.4, -0.2) is 112 Å².